The fourth-order valence-corrected chi connectivity index (χ4v) is 1.71. The van der Waals surface area contributed by atoms with Gasteiger partial charge in [0.1, 0.15) is 5.75 Å². The van der Waals surface area contributed by atoms with Crippen LogP contribution in [0, 0.1) is 5.92 Å². The lowest BCUT2D eigenvalue weighted by atomic mass is 10.2. The Kier molecular flexibility index (Phi) is 6.72. The number of anilines is 2. The Morgan fingerprint density at radius 2 is 1.95 bits per heavy atom. The molecule has 116 valence electrons. The number of hydrogen-bond donors (Lipinski definition) is 2. The van der Waals surface area contributed by atoms with Gasteiger partial charge in [-0.1, -0.05) is 27.2 Å². The zero-order valence-corrected chi connectivity index (χ0v) is 13.2. The van der Waals surface area contributed by atoms with Gasteiger partial charge < -0.3 is 15.4 Å². The van der Waals surface area contributed by atoms with Crippen molar-refractivity contribution in [3.8, 4) is 5.75 Å². The van der Waals surface area contributed by atoms with Crippen molar-refractivity contribution in [2.45, 2.75) is 40.0 Å². The third kappa shape index (κ3) is 5.45. The minimum atomic E-state index is -0.108. The number of rotatable bonds is 7. The smallest absolute Gasteiger partial charge is 0.227 e. The lowest BCUT2D eigenvalue weighted by Gasteiger charge is -2.13. The van der Waals surface area contributed by atoms with Crippen molar-refractivity contribution in [3.05, 3.63) is 18.2 Å². The summed E-state index contributed by atoms with van der Waals surface area (Å²) in [6, 6.07) is 5.19. The number of amides is 2. The van der Waals surface area contributed by atoms with E-state index in [1.807, 2.05) is 20.8 Å². The summed E-state index contributed by atoms with van der Waals surface area (Å²) in [6.45, 7) is 5.69. The first kappa shape index (κ1) is 17.0. The average molecular weight is 292 g/mol. The highest BCUT2D eigenvalue weighted by Gasteiger charge is 2.12. The molecule has 0 aliphatic rings. The summed E-state index contributed by atoms with van der Waals surface area (Å²) < 4.78 is 5.26. The summed E-state index contributed by atoms with van der Waals surface area (Å²) in [5.74, 6) is 0.325. The number of unbranched alkanes of at least 4 members (excludes halogenated alkanes) is 1. The molecule has 2 amide bonds. The highest BCUT2D eigenvalue weighted by molar-refractivity contribution is 5.95. The molecule has 0 aliphatic carbocycles. The molecule has 0 fully saturated rings. The summed E-state index contributed by atoms with van der Waals surface area (Å²) in [5, 5.41) is 5.62. The van der Waals surface area contributed by atoms with Gasteiger partial charge in [0.15, 0.2) is 0 Å². The molecule has 1 aromatic rings. The van der Waals surface area contributed by atoms with Gasteiger partial charge in [0.25, 0.3) is 0 Å². The highest BCUT2D eigenvalue weighted by atomic mass is 16.5. The fraction of sp³-hybridized carbons (Fsp3) is 0.500. The second-order valence-electron chi connectivity index (χ2n) is 5.21. The summed E-state index contributed by atoms with van der Waals surface area (Å²) in [7, 11) is 1.53. The molecular formula is C16H24N2O3. The van der Waals surface area contributed by atoms with E-state index in [0.29, 0.717) is 23.5 Å². The van der Waals surface area contributed by atoms with E-state index in [9.17, 15) is 9.59 Å². The second-order valence-corrected chi connectivity index (χ2v) is 5.21. The van der Waals surface area contributed by atoms with E-state index in [-0.39, 0.29) is 17.7 Å². The predicted octanol–water partition coefficient (Wildman–Crippen LogP) is 3.42. The van der Waals surface area contributed by atoms with Crippen molar-refractivity contribution >= 4 is 23.2 Å². The van der Waals surface area contributed by atoms with Gasteiger partial charge in [-0.15, -0.1) is 0 Å². The van der Waals surface area contributed by atoms with Gasteiger partial charge in [0, 0.05) is 24.1 Å². The highest BCUT2D eigenvalue weighted by Crippen LogP contribution is 2.28. The second kappa shape index (κ2) is 8.29. The van der Waals surface area contributed by atoms with Crippen molar-refractivity contribution in [3.63, 3.8) is 0 Å². The molecular weight excluding hydrogens is 268 g/mol. The van der Waals surface area contributed by atoms with Gasteiger partial charge in [-0.3, -0.25) is 9.59 Å². The molecule has 0 heterocycles. The molecule has 0 saturated heterocycles. The quantitative estimate of drug-likeness (QED) is 0.809. The van der Waals surface area contributed by atoms with Crippen LogP contribution in [-0.4, -0.2) is 18.9 Å². The van der Waals surface area contributed by atoms with Crippen LogP contribution in [0.25, 0.3) is 0 Å². The first-order chi connectivity index (χ1) is 9.97. The minimum absolute atomic E-state index is 0.0159. The Morgan fingerprint density at radius 1 is 1.24 bits per heavy atom. The van der Waals surface area contributed by atoms with Crippen molar-refractivity contribution in [2.75, 3.05) is 17.7 Å². The summed E-state index contributed by atoms with van der Waals surface area (Å²) in [4.78, 5) is 23.4. The van der Waals surface area contributed by atoms with Crippen LogP contribution in [0.2, 0.25) is 0 Å². The van der Waals surface area contributed by atoms with Crippen LogP contribution in [0.3, 0.4) is 0 Å². The maximum Gasteiger partial charge on any atom is 0.227 e. The number of nitrogens with one attached hydrogen (secondary N) is 2. The molecule has 21 heavy (non-hydrogen) atoms. The Bertz CT molecular complexity index is 498. The Balaban J connectivity index is 2.78. The van der Waals surface area contributed by atoms with Crippen LogP contribution in [0.5, 0.6) is 5.75 Å². The molecule has 0 radical (unpaired) electrons. The van der Waals surface area contributed by atoms with Crippen LogP contribution >= 0.6 is 0 Å². The van der Waals surface area contributed by atoms with Gasteiger partial charge >= 0.3 is 0 Å². The molecule has 0 spiro atoms. The lowest BCUT2D eigenvalue weighted by molar-refractivity contribution is -0.119. The van der Waals surface area contributed by atoms with Gasteiger partial charge in [0.05, 0.1) is 12.8 Å². The third-order valence-corrected chi connectivity index (χ3v) is 3.02. The summed E-state index contributed by atoms with van der Waals surface area (Å²) in [6.07, 6.45) is 2.35. The van der Waals surface area contributed by atoms with Crippen LogP contribution in [-0.2, 0) is 9.59 Å². The zero-order valence-electron chi connectivity index (χ0n) is 13.2. The first-order valence-electron chi connectivity index (χ1n) is 7.26. The summed E-state index contributed by atoms with van der Waals surface area (Å²) >= 11 is 0. The van der Waals surface area contributed by atoms with E-state index in [1.54, 1.807) is 18.2 Å². The van der Waals surface area contributed by atoms with Gasteiger partial charge in [-0.2, -0.15) is 0 Å². The molecule has 0 atom stereocenters. The molecule has 1 rings (SSSR count). The number of benzene rings is 1. The van der Waals surface area contributed by atoms with E-state index in [0.717, 1.165) is 12.8 Å². The molecule has 0 unspecified atom stereocenters. The minimum Gasteiger partial charge on any atom is -0.494 e. The van der Waals surface area contributed by atoms with Gasteiger partial charge in [-0.05, 0) is 18.6 Å². The maximum atomic E-state index is 11.7. The first-order valence-corrected chi connectivity index (χ1v) is 7.26. The van der Waals surface area contributed by atoms with Crippen molar-refractivity contribution in [1.82, 2.24) is 0 Å². The van der Waals surface area contributed by atoms with Gasteiger partial charge in [0.2, 0.25) is 11.8 Å². The Labute approximate surface area is 126 Å². The SMILES string of the molecule is CCCCC(=O)Nc1ccc(NC(=O)C(C)C)c(OC)c1. The summed E-state index contributed by atoms with van der Waals surface area (Å²) in [5.41, 5.74) is 1.26. The number of ether oxygens (including phenoxy) is 1. The molecule has 0 aromatic heterocycles. The number of methoxy groups -OCH3 is 1. The largest absolute Gasteiger partial charge is 0.494 e. The lowest BCUT2D eigenvalue weighted by Crippen LogP contribution is -2.18. The molecule has 5 nitrogen and oxygen atoms in total. The van der Waals surface area contributed by atoms with Crippen molar-refractivity contribution in [1.29, 1.82) is 0 Å². The van der Waals surface area contributed by atoms with Gasteiger partial charge in [-0.25, -0.2) is 0 Å². The molecule has 0 saturated carbocycles. The third-order valence-electron chi connectivity index (χ3n) is 3.02. The maximum absolute atomic E-state index is 11.7. The Morgan fingerprint density at radius 3 is 2.52 bits per heavy atom. The number of carbonyl (C=O) groups is 2. The van der Waals surface area contributed by atoms with E-state index in [1.165, 1.54) is 7.11 Å². The zero-order chi connectivity index (χ0) is 15.8. The normalized spacial score (nSPS) is 10.3. The van der Waals surface area contributed by atoms with Crippen LogP contribution < -0.4 is 15.4 Å². The van der Waals surface area contributed by atoms with E-state index in [2.05, 4.69) is 10.6 Å². The number of carbonyl (C=O) groups excluding carboxylic acids is 2. The number of hydrogen-bond acceptors (Lipinski definition) is 3. The standard InChI is InChI=1S/C16H24N2O3/c1-5-6-7-15(19)17-12-8-9-13(14(10-12)21-4)18-16(20)11(2)3/h8-11H,5-7H2,1-4H3,(H,17,19)(H,18,20). The van der Waals surface area contributed by atoms with E-state index >= 15 is 0 Å². The Hall–Kier alpha value is -2.04. The average Bonchev–Trinajstić information content (AvgIpc) is 2.46. The van der Waals surface area contributed by atoms with Crippen LogP contribution in [0.15, 0.2) is 18.2 Å². The van der Waals surface area contributed by atoms with Crippen LogP contribution in [0.4, 0.5) is 11.4 Å². The molecule has 0 aliphatic heterocycles. The molecule has 0 bridgehead atoms. The van der Waals surface area contributed by atoms with E-state index in [4.69, 9.17) is 4.74 Å². The van der Waals surface area contributed by atoms with Crippen molar-refractivity contribution in [2.24, 2.45) is 5.92 Å². The monoisotopic (exact) mass is 292 g/mol. The molecule has 2 N–H and O–H groups in total. The van der Waals surface area contributed by atoms with Crippen molar-refractivity contribution < 1.29 is 14.3 Å². The molecule has 1 aromatic carbocycles. The fourth-order valence-electron chi connectivity index (χ4n) is 1.71. The predicted molar refractivity (Wildman–Crippen MR) is 84.6 cm³/mol. The molecule has 5 heteroatoms. The van der Waals surface area contributed by atoms with Crippen LogP contribution in [0.1, 0.15) is 40.0 Å². The van der Waals surface area contributed by atoms with E-state index < -0.39 is 0 Å². The topological polar surface area (TPSA) is 67.4 Å².